The number of carbonyl (C=O) groups excluding carboxylic acids is 1. The van der Waals surface area contributed by atoms with Gasteiger partial charge in [-0.1, -0.05) is 48.9 Å². The Balaban J connectivity index is 1.54. The molecule has 4 aromatic rings. The molecule has 0 radical (unpaired) electrons. The SMILES string of the molecule is O=C(O)[C@@H]1CCC[C@H]1C(=O)c1ccc(-c2ccccc2)c(Nc2nc3ccc(F)cc3o2)c1. The minimum Gasteiger partial charge on any atom is -0.481 e. The van der Waals surface area contributed by atoms with E-state index >= 15 is 0 Å². The Morgan fingerprint density at radius 1 is 1.00 bits per heavy atom. The van der Waals surface area contributed by atoms with E-state index in [1.807, 2.05) is 36.4 Å². The predicted octanol–water partition coefficient (Wildman–Crippen LogP) is 6.06. The second-order valence-electron chi connectivity index (χ2n) is 8.23. The lowest BCUT2D eigenvalue weighted by Crippen LogP contribution is -2.25. The van der Waals surface area contributed by atoms with Crippen molar-refractivity contribution in [3.8, 4) is 11.1 Å². The molecule has 0 unspecified atom stereocenters. The lowest BCUT2D eigenvalue weighted by Gasteiger charge is -2.17. The molecule has 6 nitrogen and oxygen atoms in total. The average molecular weight is 444 g/mol. The Hall–Kier alpha value is -4.00. The zero-order chi connectivity index (χ0) is 22.9. The molecule has 3 aromatic carbocycles. The lowest BCUT2D eigenvalue weighted by molar-refractivity contribution is -0.142. The zero-order valence-electron chi connectivity index (χ0n) is 17.6. The number of nitrogens with one attached hydrogen (secondary N) is 1. The Labute approximate surface area is 189 Å². The highest BCUT2D eigenvalue weighted by atomic mass is 19.1. The summed E-state index contributed by atoms with van der Waals surface area (Å²) >= 11 is 0. The van der Waals surface area contributed by atoms with Crippen molar-refractivity contribution in [1.29, 1.82) is 0 Å². The molecule has 2 N–H and O–H groups in total. The van der Waals surface area contributed by atoms with Gasteiger partial charge in [0.05, 0.1) is 11.6 Å². The third-order valence-corrected chi connectivity index (χ3v) is 6.15. The Morgan fingerprint density at radius 2 is 1.79 bits per heavy atom. The molecular weight excluding hydrogens is 423 g/mol. The molecule has 1 aromatic heterocycles. The van der Waals surface area contributed by atoms with Crippen molar-refractivity contribution in [1.82, 2.24) is 4.98 Å². The van der Waals surface area contributed by atoms with Crippen LogP contribution in [0.2, 0.25) is 0 Å². The Kier molecular flexibility index (Phi) is 5.38. The molecule has 5 rings (SSSR count). The van der Waals surface area contributed by atoms with Crippen LogP contribution < -0.4 is 5.32 Å². The van der Waals surface area contributed by atoms with Crippen LogP contribution in [-0.4, -0.2) is 21.8 Å². The average Bonchev–Trinajstić information content (AvgIpc) is 3.46. The van der Waals surface area contributed by atoms with Gasteiger partial charge in [-0.25, -0.2) is 4.39 Å². The molecule has 0 amide bonds. The minimum absolute atomic E-state index is 0.168. The topological polar surface area (TPSA) is 92.4 Å². The number of ketones is 1. The number of carbonyl (C=O) groups is 2. The van der Waals surface area contributed by atoms with Crippen molar-refractivity contribution < 1.29 is 23.5 Å². The second-order valence-corrected chi connectivity index (χ2v) is 8.23. The second kappa shape index (κ2) is 8.50. The van der Waals surface area contributed by atoms with Crippen LogP contribution >= 0.6 is 0 Å². The van der Waals surface area contributed by atoms with Crippen LogP contribution in [0.1, 0.15) is 29.6 Å². The van der Waals surface area contributed by atoms with Crippen LogP contribution in [0, 0.1) is 17.7 Å². The van der Waals surface area contributed by atoms with E-state index in [9.17, 15) is 19.1 Å². The fraction of sp³-hybridized carbons (Fsp3) is 0.192. The number of hydrogen-bond acceptors (Lipinski definition) is 5. The molecule has 1 heterocycles. The van der Waals surface area contributed by atoms with Crippen molar-refractivity contribution in [3.63, 3.8) is 0 Å². The Bertz CT molecular complexity index is 1350. The largest absolute Gasteiger partial charge is 0.481 e. The van der Waals surface area contributed by atoms with Gasteiger partial charge in [0.25, 0.3) is 6.01 Å². The van der Waals surface area contributed by atoms with Gasteiger partial charge in [-0.2, -0.15) is 4.98 Å². The standard InChI is InChI=1S/C26H21FN2O4/c27-17-10-12-21-23(14-17)33-26(28-21)29-22-13-16(9-11-18(22)15-5-2-1-3-6-15)24(30)19-7-4-8-20(19)25(31)32/h1-3,5-6,9-14,19-20H,4,7-8H2,(H,28,29)(H,31,32)/t19-,20-/m1/s1. The molecule has 166 valence electrons. The predicted molar refractivity (Wildman–Crippen MR) is 122 cm³/mol. The van der Waals surface area contributed by atoms with E-state index in [0.717, 1.165) is 17.5 Å². The maximum atomic E-state index is 13.5. The summed E-state index contributed by atoms with van der Waals surface area (Å²) in [4.78, 5) is 29.2. The van der Waals surface area contributed by atoms with Crippen LogP contribution in [0.15, 0.2) is 71.1 Å². The highest BCUT2D eigenvalue weighted by Crippen LogP contribution is 2.37. The summed E-state index contributed by atoms with van der Waals surface area (Å²) < 4.78 is 19.2. The number of aliphatic carboxylic acids is 1. The van der Waals surface area contributed by atoms with Crippen molar-refractivity contribution in [2.24, 2.45) is 11.8 Å². The van der Waals surface area contributed by atoms with Gasteiger partial charge in [0.2, 0.25) is 0 Å². The molecule has 0 bridgehead atoms. The molecular formula is C26H21FN2O4. The highest BCUT2D eigenvalue weighted by Gasteiger charge is 2.38. The number of rotatable bonds is 6. The summed E-state index contributed by atoms with van der Waals surface area (Å²) in [6.07, 6.45) is 1.80. The molecule has 0 saturated heterocycles. The quantitative estimate of drug-likeness (QED) is 0.351. The number of nitrogens with zero attached hydrogens (tertiary/aromatic N) is 1. The normalized spacial score (nSPS) is 17.8. The van der Waals surface area contributed by atoms with Crippen molar-refractivity contribution in [2.75, 3.05) is 5.32 Å². The van der Waals surface area contributed by atoms with Crippen LogP contribution in [0.4, 0.5) is 16.1 Å². The number of carboxylic acids is 1. The van der Waals surface area contributed by atoms with Crippen LogP contribution in [0.3, 0.4) is 0 Å². The molecule has 1 saturated carbocycles. The monoisotopic (exact) mass is 444 g/mol. The number of fused-ring (bicyclic) bond motifs is 1. The molecule has 7 heteroatoms. The van der Waals surface area contributed by atoms with E-state index in [0.29, 0.717) is 35.2 Å². The third-order valence-electron chi connectivity index (χ3n) is 6.15. The van der Waals surface area contributed by atoms with Gasteiger partial charge in [-0.3, -0.25) is 9.59 Å². The van der Waals surface area contributed by atoms with Gasteiger partial charge in [0.15, 0.2) is 11.4 Å². The number of Topliss-reactive ketones (excluding diaryl/α,β-unsaturated/α-hetero) is 1. The number of hydrogen-bond donors (Lipinski definition) is 2. The zero-order valence-corrected chi connectivity index (χ0v) is 17.6. The van der Waals surface area contributed by atoms with Gasteiger partial charge < -0.3 is 14.8 Å². The molecule has 0 spiro atoms. The number of benzene rings is 3. The van der Waals surface area contributed by atoms with Gasteiger partial charge >= 0.3 is 5.97 Å². The first-order chi connectivity index (χ1) is 16.0. The molecule has 33 heavy (non-hydrogen) atoms. The maximum Gasteiger partial charge on any atom is 0.307 e. The smallest absolute Gasteiger partial charge is 0.307 e. The van der Waals surface area contributed by atoms with E-state index in [4.69, 9.17) is 4.42 Å². The fourth-order valence-corrected chi connectivity index (χ4v) is 4.52. The van der Waals surface area contributed by atoms with Gasteiger partial charge in [-0.15, -0.1) is 0 Å². The van der Waals surface area contributed by atoms with Gasteiger partial charge in [0.1, 0.15) is 11.3 Å². The summed E-state index contributed by atoms with van der Waals surface area (Å²) in [5.74, 6) is -2.72. The summed E-state index contributed by atoms with van der Waals surface area (Å²) in [7, 11) is 0. The first-order valence-corrected chi connectivity index (χ1v) is 10.8. The van der Waals surface area contributed by atoms with Crippen molar-refractivity contribution in [3.05, 3.63) is 78.1 Å². The lowest BCUT2D eigenvalue weighted by atomic mass is 9.87. The van der Waals surface area contributed by atoms with Crippen LogP contribution in [0.5, 0.6) is 0 Å². The van der Waals surface area contributed by atoms with Crippen LogP contribution in [0.25, 0.3) is 22.2 Å². The van der Waals surface area contributed by atoms with Crippen molar-refractivity contribution >= 4 is 34.6 Å². The number of aromatic nitrogens is 1. The highest BCUT2D eigenvalue weighted by molar-refractivity contribution is 6.02. The van der Waals surface area contributed by atoms with Gasteiger partial charge in [0, 0.05) is 23.1 Å². The van der Waals surface area contributed by atoms with E-state index < -0.39 is 23.6 Å². The third kappa shape index (κ3) is 4.09. The molecule has 1 aliphatic carbocycles. The first kappa shape index (κ1) is 20.9. The fourth-order valence-electron chi connectivity index (χ4n) is 4.52. The number of halogens is 1. The minimum atomic E-state index is -0.927. The summed E-state index contributed by atoms with van der Waals surface area (Å²) in [5, 5.41) is 12.6. The van der Waals surface area contributed by atoms with Gasteiger partial charge in [-0.05, 0) is 36.6 Å². The maximum absolute atomic E-state index is 13.5. The number of carboxylic acid groups (broad SMARTS) is 1. The molecule has 1 aliphatic rings. The van der Waals surface area contributed by atoms with E-state index in [-0.39, 0.29) is 11.8 Å². The van der Waals surface area contributed by atoms with E-state index in [2.05, 4.69) is 10.3 Å². The van der Waals surface area contributed by atoms with E-state index in [1.165, 1.54) is 18.2 Å². The van der Waals surface area contributed by atoms with Crippen molar-refractivity contribution in [2.45, 2.75) is 19.3 Å². The summed E-state index contributed by atoms with van der Waals surface area (Å²) in [6.45, 7) is 0. The molecule has 1 fully saturated rings. The first-order valence-electron chi connectivity index (χ1n) is 10.8. The summed E-state index contributed by atoms with van der Waals surface area (Å²) in [5.41, 5.74) is 3.57. The summed E-state index contributed by atoms with van der Waals surface area (Å²) in [6, 6.07) is 19.2. The van der Waals surface area contributed by atoms with E-state index in [1.54, 1.807) is 12.1 Å². The molecule has 0 aliphatic heterocycles. The number of anilines is 2. The Morgan fingerprint density at radius 3 is 2.58 bits per heavy atom. The van der Waals surface area contributed by atoms with Crippen LogP contribution in [-0.2, 0) is 4.79 Å². The number of oxazole rings is 1. The molecule has 2 atom stereocenters.